The van der Waals surface area contributed by atoms with Crippen LogP contribution in [0.3, 0.4) is 0 Å². The van der Waals surface area contributed by atoms with Gasteiger partial charge in [-0.15, -0.1) is 22.7 Å². The number of likely N-dealkylation sites (N-methyl/N-ethyl adjacent to an activating group) is 1. The van der Waals surface area contributed by atoms with Crippen LogP contribution in [0.2, 0.25) is 0 Å². The molecule has 0 bridgehead atoms. The number of nitrogens with one attached hydrogen (secondary N) is 2. The molecule has 3 heterocycles. The summed E-state index contributed by atoms with van der Waals surface area (Å²) in [7, 11) is 0. The SMILES string of the molecule is CCN1CCc2c(sc(C(F)(F)F)c2CNC(=O)Nc2sc3c(c2C=O)CCCC3)C1. The Bertz CT molecular complexity index is 997. The molecule has 5 nitrogen and oxygen atoms in total. The van der Waals surface area contributed by atoms with Crippen molar-refractivity contribution < 1.29 is 22.8 Å². The van der Waals surface area contributed by atoms with Gasteiger partial charge in [0.15, 0.2) is 6.29 Å². The lowest BCUT2D eigenvalue weighted by atomic mass is 9.96. The predicted octanol–water partition coefficient (Wildman–Crippen LogP) is 5.22. The summed E-state index contributed by atoms with van der Waals surface area (Å²) in [6, 6.07) is -0.597. The minimum atomic E-state index is -4.45. The number of aldehydes is 1. The number of alkyl halides is 3. The molecule has 0 radical (unpaired) electrons. The number of halogens is 3. The molecule has 4 rings (SSSR count). The molecule has 0 aromatic carbocycles. The number of nitrogens with zero attached hydrogens (tertiary/aromatic N) is 1. The van der Waals surface area contributed by atoms with E-state index < -0.39 is 17.1 Å². The molecule has 2 N–H and O–H groups in total. The van der Waals surface area contributed by atoms with Gasteiger partial charge in [0.05, 0.1) is 5.56 Å². The molecule has 0 saturated heterocycles. The zero-order chi connectivity index (χ0) is 22.2. The normalized spacial score (nSPS) is 16.5. The summed E-state index contributed by atoms with van der Waals surface area (Å²) in [4.78, 5) is 27.4. The van der Waals surface area contributed by atoms with Gasteiger partial charge >= 0.3 is 12.2 Å². The van der Waals surface area contributed by atoms with E-state index in [0.717, 1.165) is 65.2 Å². The van der Waals surface area contributed by atoms with E-state index in [1.54, 1.807) is 0 Å². The van der Waals surface area contributed by atoms with Gasteiger partial charge in [-0.25, -0.2) is 4.79 Å². The average molecular weight is 472 g/mol. The molecule has 10 heteroatoms. The van der Waals surface area contributed by atoms with Gasteiger partial charge in [0, 0.05) is 29.4 Å². The third-order valence-corrected chi connectivity index (χ3v) is 8.46. The molecule has 31 heavy (non-hydrogen) atoms. The summed E-state index contributed by atoms with van der Waals surface area (Å²) in [5.41, 5.74) is 2.37. The van der Waals surface area contributed by atoms with Crippen LogP contribution in [0, 0.1) is 0 Å². The largest absolute Gasteiger partial charge is 0.425 e. The molecule has 2 aromatic heterocycles. The van der Waals surface area contributed by atoms with Gasteiger partial charge in [0.1, 0.15) is 9.88 Å². The number of hydrogen-bond acceptors (Lipinski definition) is 5. The smallest absolute Gasteiger partial charge is 0.334 e. The van der Waals surface area contributed by atoms with Gasteiger partial charge in [-0.1, -0.05) is 6.92 Å². The Balaban J connectivity index is 1.51. The maximum atomic E-state index is 13.6. The quantitative estimate of drug-likeness (QED) is 0.588. The number of thiophene rings is 2. The Morgan fingerprint density at radius 3 is 2.61 bits per heavy atom. The van der Waals surface area contributed by atoms with Gasteiger partial charge in [0.2, 0.25) is 0 Å². The maximum absolute atomic E-state index is 13.6. The lowest BCUT2D eigenvalue weighted by Gasteiger charge is -2.25. The first-order chi connectivity index (χ1) is 14.8. The second-order valence-corrected chi connectivity index (χ2v) is 10.0. The van der Waals surface area contributed by atoms with Crippen LogP contribution in [0.4, 0.5) is 23.0 Å². The molecule has 2 amide bonds. The topological polar surface area (TPSA) is 61.4 Å². The highest BCUT2D eigenvalue weighted by molar-refractivity contribution is 7.17. The van der Waals surface area contributed by atoms with Crippen molar-refractivity contribution in [1.29, 1.82) is 0 Å². The highest BCUT2D eigenvalue weighted by Gasteiger charge is 2.39. The summed E-state index contributed by atoms with van der Waals surface area (Å²) in [6.07, 6.45) is 0.604. The molecule has 2 aromatic rings. The summed E-state index contributed by atoms with van der Waals surface area (Å²) in [5.74, 6) is 0. The maximum Gasteiger partial charge on any atom is 0.425 e. The first-order valence-corrected chi connectivity index (χ1v) is 12.0. The van der Waals surface area contributed by atoms with Crippen molar-refractivity contribution in [3.8, 4) is 0 Å². The number of fused-ring (bicyclic) bond motifs is 2. The van der Waals surface area contributed by atoms with Crippen molar-refractivity contribution in [2.75, 3.05) is 18.4 Å². The van der Waals surface area contributed by atoms with Gasteiger partial charge in [-0.3, -0.25) is 15.0 Å². The van der Waals surface area contributed by atoms with E-state index in [1.165, 1.54) is 11.3 Å². The summed E-state index contributed by atoms with van der Waals surface area (Å²) >= 11 is 2.17. The Labute approximate surface area is 186 Å². The first-order valence-electron chi connectivity index (χ1n) is 10.4. The third kappa shape index (κ3) is 4.51. The van der Waals surface area contributed by atoms with Crippen LogP contribution in [0.5, 0.6) is 0 Å². The van der Waals surface area contributed by atoms with Crippen molar-refractivity contribution in [1.82, 2.24) is 10.2 Å². The monoisotopic (exact) mass is 471 g/mol. The van der Waals surface area contributed by atoms with Crippen molar-refractivity contribution >= 4 is 40.0 Å². The molecule has 168 valence electrons. The first kappa shape index (κ1) is 22.3. The lowest BCUT2D eigenvalue weighted by Crippen LogP contribution is -2.31. The molecule has 2 aliphatic rings. The zero-order valence-corrected chi connectivity index (χ0v) is 18.8. The van der Waals surface area contributed by atoms with Crippen LogP contribution in [0.25, 0.3) is 0 Å². The molecule has 0 atom stereocenters. The van der Waals surface area contributed by atoms with Crippen molar-refractivity contribution in [3.05, 3.63) is 36.9 Å². The van der Waals surface area contributed by atoms with E-state index in [4.69, 9.17) is 0 Å². The van der Waals surface area contributed by atoms with E-state index in [9.17, 15) is 22.8 Å². The molecule has 0 spiro atoms. The Kier molecular flexibility index (Phi) is 6.41. The van der Waals surface area contributed by atoms with Crippen molar-refractivity contribution in [3.63, 3.8) is 0 Å². The van der Waals surface area contributed by atoms with E-state index in [1.807, 2.05) is 6.92 Å². The second kappa shape index (κ2) is 8.91. The molecular formula is C21H24F3N3O2S2. The number of hydrogen-bond donors (Lipinski definition) is 2. The van der Waals surface area contributed by atoms with E-state index in [2.05, 4.69) is 15.5 Å². The Morgan fingerprint density at radius 2 is 1.90 bits per heavy atom. The summed E-state index contributed by atoms with van der Waals surface area (Å²) in [5, 5.41) is 5.75. The van der Waals surface area contributed by atoms with Gasteiger partial charge in [-0.2, -0.15) is 13.2 Å². The third-order valence-electron chi connectivity index (χ3n) is 5.93. The fourth-order valence-corrected chi connectivity index (χ4v) is 6.86. The highest BCUT2D eigenvalue weighted by Crippen LogP contribution is 2.43. The zero-order valence-electron chi connectivity index (χ0n) is 17.2. The predicted molar refractivity (Wildman–Crippen MR) is 116 cm³/mol. The number of amides is 2. The fraction of sp³-hybridized carbons (Fsp3) is 0.524. The van der Waals surface area contributed by atoms with Gasteiger partial charge in [0.25, 0.3) is 0 Å². The van der Waals surface area contributed by atoms with Crippen LogP contribution in [-0.2, 0) is 38.5 Å². The molecule has 0 unspecified atom stereocenters. The Hall–Kier alpha value is -1.91. The summed E-state index contributed by atoms with van der Waals surface area (Å²) in [6.45, 7) is 3.81. The average Bonchev–Trinajstić information content (AvgIpc) is 3.28. The van der Waals surface area contributed by atoms with Crippen molar-refractivity contribution in [2.24, 2.45) is 0 Å². The summed E-state index contributed by atoms with van der Waals surface area (Å²) < 4.78 is 40.9. The number of aryl methyl sites for hydroxylation is 1. The van der Waals surface area contributed by atoms with Crippen molar-refractivity contribution in [2.45, 2.75) is 58.3 Å². The number of carbonyl (C=O) groups excluding carboxylic acids is 2. The highest BCUT2D eigenvalue weighted by atomic mass is 32.1. The molecule has 0 fully saturated rings. The van der Waals surface area contributed by atoms with Crippen LogP contribution < -0.4 is 10.6 Å². The number of anilines is 1. The van der Waals surface area contributed by atoms with Crippen LogP contribution in [0.15, 0.2) is 0 Å². The lowest BCUT2D eigenvalue weighted by molar-refractivity contribution is -0.135. The minimum absolute atomic E-state index is 0.166. The van der Waals surface area contributed by atoms with Crippen LogP contribution in [0.1, 0.15) is 61.4 Å². The number of rotatable bonds is 5. The Morgan fingerprint density at radius 1 is 1.13 bits per heavy atom. The van der Waals surface area contributed by atoms with Crippen LogP contribution in [-0.4, -0.2) is 30.3 Å². The molecular weight excluding hydrogens is 447 g/mol. The molecule has 0 saturated carbocycles. The van der Waals surface area contributed by atoms with Gasteiger partial charge < -0.3 is 5.32 Å². The number of urea groups is 1. The number of carbonyl (C=O) groups is 2. The standard InChI is InChI=1S/C21H24F3N3O2S2/c1-2-27-8-7-13-14(18(21(22,23)24)30-17(13)10-27)9-25-20(29)26-19-15(11-28)12-5-3-4-6-16(12)31-19/h11H,2-10H2,1H3,(H2,25,26,29). The molecule has 1 aliphatic carbocycles. The van der Waals surface area contributed by atoms with E-state index >= 15 is 0 Å². The van der Waals surface area contributed by atoms with Crippen LogP contribution >= 0.6 is 22.7 Å². The van der Waals surface area contributed by atoms with Gasteiger partial charge in [-0.05, 0) is 55.3 Å². The molecule has 1 aliphatic heterocycles. The fourth-order valence-electron chi connectivity index (χ4n) is 4.33. The van der Waals surface area contributed by atoms with E-state index in [-0.39, 0.29) is 12.1 Å². The van der Waals surface area contributed by atoms with E-state index in [0.29, 0.717) is 35.6 Å². The second-order valence-electron chi connectivity index (χ2n) is 7.81. The minimum Gasteiger partial charge on any atom is -0.334 e.